The summed E-state index contributed by atoms with van der Waals surface area (Å²) in [5.41, 5.74) is 0. The van der Waals surface area contributed by atoms with Crippen LogP contribution in [-0.2, 0) is 4.79 Å². The van der Waals surface area contributed by atoms with Crippen LogP contribution < -0.4 is 10.6 Å². The molecular weight excluding hydrogens is 226 g/mol. The van der Waals surface area contributed by atoms with Crippen molar-refractivity contribution in [2.45, 2.75) is 45.6 Å². The van der Waals surface area contributed by atoms with Gasteiger partial charge in [0.15, 0.2) is 0 Å². The Balaban J connectivity index is 2.08. The average molecular weight is 255 g/mol. The van der Waals surface area contributed by atoms with Gasteiger partial charge >= 0.3 is 0 Å². The highest BCUT2D eigenvalue weighted by molar-refractivity contribution is 5.78. The number of nitrogens with one attached hydrogen (secondary N) is 2. The van der Waals surface area contributed by atoms with Gasteiger partial charge in [-0.1, -0.05) is 13.3 Å². The number of likely N-dealkylation sites (tertiary alicyclic amines) is 1. The van der Waals surface area contributed by atoms with E-state index in [1.54, 1.807) is 0 Å². The minimum atomic E-state index is 0.0592. The molecule has 1 fully saturated rings. The summed E-state index contributed by atoms with van der Waals surface area (Å²) in [5, 5.41) is 6.04. The van der Waals surface area contributed by atoms with Gasteiger partial charge < -0.3 is 15.5 Å². The van der Waals surface area contributed by atoms with Crippen LogP contribution in [0, 0.1) is 5.92 Å². The molecule has 0 bridgehead atoms. The second kappa shape index (κ2) is 8.48. The van der Waals surface area contributed by atoms with Crippen molar-refractivity contribution in [3.05, 3.63) is 0 Å². The first-order valence-corrected chi connectivity index (χ1v) is 7.31. The summed E-state index contributed by atoms with van der Waals surface area (Å²) in [6, 6.07) is 0.720. The third-order valence-corrected chi connectivity index (χ3v) is 3.82. The molecule has 2 atom stereocenters. The number of hydrogen-bond donors (Lipinski definition) is 2. The van der Waals surface area contributed by atoms with E-state index < -0.39 is 0 Å². The standard InChI is InChI=1S/C14H29N3O/c1-12(11-15-3)14(18)16-8-6-10-17-9-5-4-7-13(17)2/h12-13,15H,4-11H2,1-3H3,(H,16,18). The number of hydrogen-bond acceptors (Lipinski definition) is 3. The van der Waals surface area contributed by atoms with Crippen LogP contribution in [0.4, 0.5) is 0 Å². The second-order valence-electron chi connectivity index (χ2n) is 5.48. The van der Waals surface area contributed by atoms with Gasteiger partial charge in [0.05, 0.1) is 0 Å². The number of rotatable bonds is 7. The number of amides is 1. The molecule has 2 N–H and O–H groups in total. The normalized spacial score (nSPS) is 22.7. The maximum atomic E-state index is 11.7. The van der Waals surface area contributed by atoms with Crippen molar-refractivity contribution in [2.75, 3.05) is 33.2 Å². The molecule has 1 amide bonds. The van der Waals surface area contributed by atoms with Gasteiger partial charge in [-0.25, -0.2) is 0 Å². The molecule has 106 valence electrons. The Bertz CT molecular complexity index is 245. The molecule has 0 spiro atoms. The molecule has 4 heteroatoms. The fourth-order valence-corrected chi connectivity index (χ4v) is 2.56. The maximum absolute atomic E-state index is 11.7. The molecule has 0 aromatic carbocycles. The van der Waals surface area contributed by atoms with Crippen molar-refractivity contribution in [1.29, 1.82) is 0 Å². The molecule has 1 aliphatic rings. The van der Waals surface area contributed by atoms with Gasteiger partial charge in [-0.15, -0.1) is 0 Å². The predicted molar refractivity (Wildman–Crippen MR) is 75.6 cm³/mol. The molecule has 2 unspecified atom stereocenters. The molecule has 1 saturated heterocycles. The van der Waals surface area contributed by atoms with E-state index in [-0.39, 0.29) is 11.8 Å². The van der Waals surface area contributed by atoms with Gasteiger partial charge in [-0.2, -0.15) is 0 Å². The summed E-state index contributed by atoms with van der Waals surface area (Å²) in [6.45, 7) is 8.16. The summed E-state index contributed by atoms with van der Waals surface area (Å²) in [6.07, 6.45) is 5.08. The van der Waals surface area contributed by atoms with E-state index in [4.69, 9.17) is 0 Å². The smallest absolute Gasteiger partial charge is 0.224 e. The number of carbonyl (C=O) groups is 1. The van der Waals surface area contributed by atoms with E-state index in [2.05, 4.69) is 22.5 Å². The minimum Gasteiger partial charge on any atom is -0.356 e. The molecule has 0 radical (unpaired) electrons. The molecule has 1 heterocycles. The summed E-state index contributed by atoms with van der Waals surface area (Å²) in [5.74, 6) is 0.222. The molecule has 0 aromatic heterocycles. The van der Waals surface area contributed by atoms with Gasteiger partial charge in [0.1, 0.15) is 0 Å². The van der Waals surface area contributed by atoms with E-state index in [1.165, 1.54) is 25.8 Å². The summed E-state index contributed by atoms with van der Waals surface area (Å²) < 4.78 is 0. The number of carbonyl (C=O) groups excluding carboxylic acids is 1. The van der Waals surface area contributed by atoms with Crippen molar-refractivity contribution < 1.29 is 4.79 Å². The van der Waals surface area contributed by atoms with Gasteiger partial charge in [0.25, 0.3) is 0 Å². The molecule has 1 rings (SSSR count). The Labute approximate surface area is 111 Å². The molecule has 0 saturated carbocycles. The van der Waals surface area contributed by atoms with Crippen LogP contribution >= 0.6 is 0 Å². The van der Waals surface area contributed by atoms with Crippen LogP contribution in [0.2, 0.25) is 0 Å². The maximum Gasteiger partial charge on any atom is 0.224 e. The first kappa shape index (κ1) is 15.4. The van der Waals surface area contributed by atoms with Crippen LogP contribution in [0.25, 0.3) is 0 Å². The van der Waals surface area contributed by atoms with Crippen LogP contribution in [0.3, 0.4) is 0 Å². The van der Waals surface area contributed by atoms with Crippen LogP contribution in [0.15, 0.2) is 0 Å². The monoisotopic (exact) mass is 255 g/mol. The lowest BCUT2D eigenvalue weighted by Gasteiger charge is -2.33. The van der Waals surface area contributed by atoms with Crippen LogP contribution in [0.5, 0.6) is 0 Å². The van der Waals surface area contributed by atoms with Crippen molar-refractivity contribution >= 4 is 5.91 Å². The van der Waals surface area contributed by atoms with Gasteiger partial charge in [-0.3, -0.25) is 4.79 Å². The van der Waals surface area contributed by atoms with Gasteiger partial charge in [0, 0.05) is 31.6 Å². The Hall–Kier alpha value is -0.610. The molecule has 0 aliphatic carbocycles. The zero-order chi connectivity index (χ0) is 13.4. The summed E-state index contributed by atoms with van der Waals surface area (Å²) in [4.78, 5) is 14.2. The van der Waals surface area contributed by atoms with Crippen molar-refractivity contribution in [3.8, 4) is 0 Å². The van der Waals surface area contributed by atoms with E-state index in [1.807, 2.05) is 14.0 Å². The minimum absolute atomic E-state index is 0.0592. The van der Waals surface area contributed by atoms with Crippen molar-refractivity contribution in [3.63, 3.8) is 0 Å². The largest absolute Gasteiger partial charge is 0.356 e. The summed E-state index contributed by atoms with van der Waals surface area (Å²) in [7, 11) is 1.88. The Morgan fingerprint density at radius 2 is 2.22 bits per heavy atom. The van der Waals surface area contributed by atoms with Gasteiger partial charge in [0.2, 0.25) is 5.91 Å². The number of piperidine rings is 1. The highest BCUT2D eigenvalue weighted by Crippen LogP contribution is 2.15. The highest BCUT2D eigenvalue weighted by Gasteiger charge is 2.17. The molecular formula is C14H29N3O. The molecule has 1 aliphatic heterocycles. The zero-order valence-electron chi connectivity index (χ0n) is 12.2. The quantitative estimate of drug-likeness (QED) is 0.672. The van der Waals surface area contributed by atoms with Crippen LogP contribution in [-0.4, -0.2) is 50.1 Å². The third-order valence-electron chi connectivity index (χ3n) is 3.82. The summed E-state index contributed by atoms with van der Waals surface area (Å²) >= 11 is 0. The third kappa shape index (κ3) is 5.36. The topological polar surface area (TPSA) is 44.4 Å². The molecule has 0 aromatic rings. The Kier molecular flexibility index (Phi) is 7.28. The van der Waals surface area contributed by atoms with Crippen LogP contribution in [0.1, 0.15) is 39.5 Å². The lowest BCUT2D eigenvalue weighted by Crippen LogP contribution is -2.40. The van der Waals surface area contributed by atoms with E-state index in [9.17, 15) is 4.79 Å². The highest BCUT2D eigenvalue weighted by atomic mass is 16.1. The van der Waals surface area contributed by atoms with E-state index in [0.29, 0.717) is 0 Å². The van der Waals surface area contributed by atoms with Crippen molar-refractivity contribution in [2.24, 2.45) is 5.92 Å². The van der Waals surface area contributed by atoms with Crippen molar-refractivity contribution in [1.82, 2.24) is 15.5 Å². The lowest BCUT2D eigenvalue weighted by atomic mass is 10.0. The first-order chi connectivity index (χ1) is 8.65. The lowest BCUT2D eigenvalue weighted by molar-refractivity contribution is -0.124. The molecule has 18 heavy (non-hydrogen) atoms. The predicted octanol–water partition coefficient (Wildman–Crippen LogP) is 1.22. The Morgan fingerprint density at radius 1 is 1.44 bits per heavy atom. The zero-order valence-corrected chi connectivity index (χ0v) is 12.2. The Morgan fingerprint density at radius 3 is 2.89 bits per heavy atom. The van der Waals surface area contributed by atoms with E-state index >= 15 is 0 Å². The first-order valence-electron chi connectivity index (χ1n) is 7.31. The fraction of sp³-hybridized carbons (Fsp3) is 0.929. The number of nitrogens with zero attached hydrogens (tertiary/aromatic N) is 1. The average Bonchev–Trinajstić information content (AvgIpc) is 2.36. The van der Waals surface area contributed by atoms with Gasteiger partial charge in [-0.05, 0) is 39.8 Å². The second-order valence-corrected chi connectivity index (χ2v) is 5.48. The van der Waals surface area contributed by atoms with E-state index in [0.717, 1.165) is 32.1 Å². The SMILES string of the molecule is CNCC(C)C(=O)NCCCN1CCCCC1C. The fourth-order valence-electron chi connectivity index (χ4n) is 2.56. The molecule has 4 nitrogen and oxygen atoms in total.